The molecule has 0 spiro atoms. The number of rotatable bonds is 17. The Morgan fingerprint density at radius 3 is 1.38 bits per heavy atom. The lowest BCUT2D eigenvalue weighted by Crippen LogP contribution is -2.29. The Hall–Kier alpha value is -0.670. The molecule has 0 N–H and O–H groups in total. The van der Waals surface area contributed by atoms with Gasteiger partial charge in [0.25, 0.3) is 0 Å². The second-order valence-corrected chi connectivity index (χ2v) is 6.90. The average Bonchev–Trinajstić information content (AvgIpc) is 2.57. The van der Waals surface area contributed by atoms with E-state index in [4.69, 9.17) is 0 Å². The summed E-state index contributed by atoms with van der Waals surface area (Å²) in [5, 5.41) is 0. The van der Waals surface area contributed by atoms with Crippen molar-refractivity contribution in [1.82, 2.24) is 0 Å². The van der Waals surface area contributed by atoms with E-state index in [1.54, 1.807) is 0 Å². The van der Waals surface area contributed by atoms with E-state index >= 15 is 0 Å². The maximum absolute atomic E-state index is 13.2. The Balaban J connectivity index is 3.22. The highest BCUT2D eigenvalue weighted by Gasteiger charge is 2.38. The van der Waals surface area contributed by atoms with E-state index in [-0.39, 0.29) is 0 Å². The minimum atomic E-state index is -3.31. The van der Waals surface area contributed by atoms with Crippen molar-refractivity contribution in [2.75, 3.05) is 7.11 Å². The van der Waals surface area contributed by atoms with Gasteiger partial charge in [-0.3, -0.25) is 0 Å². The molecule has 24 heavy (non-hydrogen) atoms. The molecule has 144 valence electrons. The summed E-state index contributed by atoms with van der Waals surface area (Å²) in [6.45, 7) is 2.25. The molecule has 0 bridgehead atoms. The number of methoxy groups -OCH3 is 1. The number of carbonyl (C=O) groups is 1. The molecule has 0 saturated carbocycles. The fourth-order valence-corrected chi connectivity index (χ4v) is 2.97. The SMILES string of the molecule is CCCCCCCCCCCCCCCCCC(F)(F)C(=O)OC. The zero-order valence-electron chi connectivity index (χ0n) is 15.9. The van der Waals surface area contributed by atoms with Crippen molar-refractivity contribution < 1.29 is 18.3 Å². The van der Waals surface area contributed by atoms with Crippen LogP contribution in [0.4, 0.5) is 8.78 Å². The van der Waals surface area contributed by atoms with Gasteiger partial charge in [-0.25, -0.2) is 4.79 Å². The molecule has 0 atom stereocenters. The molecule has 0 unspecified atom stereocenters. The van der Waals surface area contributed by atoms with Crippen LogP contribution < -0.4 is 0 Å². The molecule has 0 heterocycles. The molecule has 0 aromatic carbocycles. The van der Waals surface area contributed by atoms with Gasteiger partial charge in [-0.05, 0) is 6.42 Å². The van der Waals surface area contributed by atoms with Crippen molar-refractivity contribution in [3.05, 3.63) is 0 Å². The van der Waals surface area contributed by atoms with Crippen LogP contribution in [-0.2, 0) is 9.53 Å². The number of carbonyl (C=O) groups excluding carboxylic acids is 1. The summed E-state index contributed by atoms with van der Waals surface area (Å²) in [5.41, 5.74) is 0. The van der Waals surface area contributed by atoms with Crippen LogP contribution in [0.2, 0.25) is 0 Å². The topological polar surface area (TPSA) is 26.3 Å². The summed E-state index contributed by atoms with van der Waals surface area (Å²) < 4.78 is 30.5. The fourth-order valence-electron chi connectivity index (χ4n) is 2.97. The van der Waals surface area contributed by atoms with Crippen LogP contribution in [0.25, 0.3) is 0 Å². The summed E-state index contributed by atoms with van der Waals surface area (Å²) in [5.74, 6) is -4.72. The Morgan fingerprint density at radius 1 is 0.708 bits per heavy atom. The quantitative estimate of drug-likeness (QED) is 0.208. The second-order valence-electron chi connectivity index (χ2n) is 6.90. The molecule has 4 heteroatoms. The molecule has 0 radical (unpaired) electrons. The van der Waals surface area contributed by atoms with Gasteiger partial charge in [-0.1, -0.05) is 96.8 Å². The van der Waals surface area contributed by atoms with Gasteiger partial charge in [-0.2, -0.15) is 8.78 Å². The Labute approximate surface area is 147 Å². The van der Waals surface area contributed by atoms with Crippen LogP contribution in [0.3, 0.4) is 0 Å². The highest BCUT2D eigenvalue weighted by Crippen LogP contribution is 2.23. The first-order valence-electron chi connectivity index (χ1n) is 10.0. The largest absolute Gasteiger partial charge is 0.465 e. The molecule has 0 rings (SSSR count). The molecular formula is C20H38F2O2. The van der Waals surface area contributed by atoms with Crippen LogP contribution in [0.1, 0.15) is 110 Å². The molecule has 0 aliphatic rings. The first-order chi connectivity index (χ1) is 11.5. The molecule has 2 nitrogen and oxygen atoms in total. The third kappa shape index (κ3) is 13.7. The minimum Gasteiger partial charge on any atom is -0.465 e. The van der Waals surface area contributed by atoms with Crippen molar-refractivity contribution in [2.45, 2.75) is 116 Å². The van der Waals surface area contributed by atoms with Gasteiger partial charge >= 0.3 is 11.9 Å². The standard InChI is InChI=1S/C20H38F2O2/c1-3-4-5-6-7-8-9-10-11-12-13-14-15-16-17-18-20(21,22)19(23)24-2/h3-18H2,1-2H3. The van der Waals surface area contributed by atoms with E-state index in [1.807, 2.05) is 0 Å². The monoisotopic (exact) mass is 348 g/mol. The lowest BCUT2D eigenvalue weighted by atomic mass is 10.0. The normalized spacial score (nSPS) is 11.7. The maximum atomic E-state index is 13.2. The average molecular weight is 349 g/mol. The van der Waals surface area contributed by atoms with Crippen molar-refractivity contribution in [3.8, 4) is 0 Å². The van der Waals surface area contributed by atoms with Gasteiger partial charge in [0.15, 0.2) is 0 Å². The van der Waals surface area contributed by atoms with Crippen LogP contribution in [-0.4, -0.2) is 19.0 Å². The Kier molecular flexibility index (Phi) is 15.4. The zero-order chi connectivity index (χ0) is 18.1. The number of ether oxygens (including phenoxy) is 1. The van der Waals surface area contributed by atoms with Gasteiger partial charge in [-0.15, -0.1) is 0 Å². The fraction of sp³-hybridized carbons (Fsp3) is 0.950. The number of hydrogen-bond donors (Lipinski definition) is 0. The summed E-state index contributed by atoms with van der Waals surface area (Å²) in [4.78, 5) is 10.8. The Bertz CT molecular complexity index is 293. The van der Waals surface area contributed by atoms with Gasteiger partial charge in [0.2, 0.25) is 0 Å². The molecular weight excluding hydrogens is 310 g/mol. The molecule has 0 saturated heterocycles. The van der Waals surface area contributed by atoms with E-state index in [1.165, 1.54) is 70.6 Å². The molecule has 0 amide bonds. The highest BCUT2D eigenvalue weighted by molar-refractivity contribution is 5.77. The first-order valence-corrected chi connectivity index (χ1v) is 10.0. The number of halogens is 2. The Morgan fingerprint density at radius 2 is 1.04 bits per heavy atom. The van der Waals surface area contributed by atoms with Crippen LogP contribution in [0, 0.1) is 0 Å². The van der Waals surface area contributed by atoms with Crippen molar-refractivity contribution in [1.29, 1.82) is 0 Å². The van der Waals surface area contributed by atoms with E-state index in [0.29, 0.717) is 6.42 Å². The number of hydrogen-bond acceptors (Lipinski definition) is 2. The van der Waals surface area contributed by atoms with E-state index in [2.05, 4.69) is 11.7 Å². The van der Waals surface area contributed by atoms with E-state index < -0.39 is 18.3 Å². The number of alkyl halides is 2. The highest BCUT2D eigenvalue weighted by atomic mass is 19.3. The van der Waals surface area contributed by atoms with Crippen LogP contribution >= 0.6 is 0 Å². The molecule has 0 aliphatic heterocycles. The summed E-state index contributed by atoms with van der Waals surface area (Å²) in [7, 11) is 1.00. The first kappa shape index (κ1) is 23.3. The van der Waals surface area contributed by atoms with Crippen molar-refractivity contribution >= 4 is 5.97 Å². The van der Waals surface area contributed by atoms with Crippen molar-refractivity contribution in [2.24, 2.45) is 0 Å². The minimum absolute atomic E-state index is 0.389. The van der Waals surface area contributed by atoms with Crippen molar-refractivity contribution in [3.63, 3.8) is 0 Å². The predicted octanol–water partition coefficient (Wildman–Crippen LogP) is 7.06. The van der Waals surface area contributed by atoms with E-state index in [0.717, 1.165) is 26.4 Å². The van der Waals surface area contributed by atoms with Crippen LogP contribution in [0.15, 0.2) is 0 Å². The summed E-state index contributed by atoms with van der Waals surface area (Å²) >= 11 is 0. The van der Waals surface area contributed by atoms with Gasteiger partial charge in [0, 0.05) is 6.42 Å². The van der Waals surface area contributed by atoms with Gasteiger partial charge < -0.3 is 4.74 Å². The number of esters is 1. The second kappa shape index (κ2) is 15.8. The van der Waals surface area contributed by atoms with Crippen LogP contribution in [0.5, 0.6) is 0 Å². The lowest BCUT2D eigenvalue weighted by molar-refractivity contribution is -0.169. The number of unbranched alkanes of at least 4 members (excludes halogenated alkanes) is 14. The molecule has 0 aromatic rings. The lowest BCUT2D eigenvalue weighted by Gasteiger charge is -2.12. The zero-order valence-corrected chi connectivity index (χ0v) is 15.9. The summed E-state index contributed by atoms with van der Waals surface area (Å²) in [6, 6.07) is 0. The van der Waals surface area contributed by atoms with Gasteiger partial charge in [0.1, 0.15) is 0 Å². The molecule has 0 aromatic heterocycles. The van der Waals surface area contributed by atoms with E-state index in [9.17, 15) is 13.6 Å². The smallest absolute Gasteiger partial charge is 0.376 e. The summed E-state index contributed by atoms with van der Waals surface area (Å²) in [6.07, 6.45) is 17.5. The molecule has 0 fully saturated rings. The maximum Gasteiger partial charge on any atom is 0.376 e. The third-order valence-electron chi connectivity index (χ3n) is 4.58. The molecule has 0 aliphatic carbocycles. The third-order valence-corrected chi connectivity index (χ3v) is 4.58. The van der Waals surface area contributed by atoms with Gasteiger partial charge in [0.05, 0.1) is 7.11 Å². The predicted molar refractivity (Wildman–Crippen MR) is 96.5 cm³/mol.